The first kappa shape index (κ1) is 13.4. The van der Waals surface area contributed by atoms with E-state index in [2.05, 4.69) is 19.2 Å². The van der Waals surface area contributed by atoms with Gasteiger partial charge in [-0.05, 0) is 19.3 Å². The molecule has 2 fully saturated rings. The standard InChI is InChI=1S/C15H29NO/c1-15(2)13(11-14(15)17-3)16-12-9-7-5-4-6-8-10-12/h12-14,16H,4-11H2,1-3H3. The van der Waals surface area contributed by atoms with E-state index in [1.165, 1.54) is 51.4 Å². The van der Waals surface area contributed by atoms with Gasteiger partial charge < -0.3 is 10.1 Å². The Hall–Kier alpha value is -0.0800. The number of hydrogen-bond acceptors (Lipinski definition) is 2. The Kier molecular flexibility index (Phi) is 4.48. The molecule has 2 saturated carbocycles. The molecule has 100 valence electrons. The lowest BCUT2D eigenvalue weighted by Crippen LogP contribution is -2.62. The molecular weight excluding hydrogens is 210 g/mol. The van der Waals surface area contributed by atoms with Crippen LogP contribution in [0.3, 0.4) is 0 Å². The van der Waals surface area contributed by atoms with Gasteiger partial charge in [0.2, 0.25) is 0 Å². The second-order valence-electron chi connectivity index (χ2n) is 6.54. The van der Waals surface area contributed by atoms with E-state index in [0.717, 1.165) is 6.04 Å². The van der Waals surface area contributed by atoms with Gasteiger partial charge in [-0.15, -0.1) is 0 Å². The summed E-state index contributed by atoms with van der Waals surface area (Å²) in [7, 11) is 1.85. The van der Waals surface area contributed by atoms with Gasteiger partial charge in [0.05, 0.1) is 6.10 Å². The second-order valence-corrected chi connectivity index (χ2v) is 6.54. The van der Waals surface area contributed by atoms with Crippen LogP contribution in [0.1, 0.15) is 65.2 Å². The van der Waals surface area contributed by atoms with E-state index in [4.69, 9.17) is 4.74 Å². The number of nitrogens with one attached hydrogen (secondary N) is 1. The summed E-state index contributed by atoms with van der Waals surface area (Å²) in [5.41, 5.74) is 0.317. The number of methoxy groups -OCH3 is 1. The molecule has 0 aromatic heterocycles. The first-order valence-electron chi connectivity index (χ1n) is 7.43. The van der Waals surface area contributed by atoms with Crippen LogP contribution < -0.4 is 5.32 Å². The van der Waals surface area contributed by atoms with Gasteiger partial charge in [0.15, 0.2) is 0 Å². The van der Waals surface area contributed by atoms with Crippen LogP contribution in [-0.4, -0.2) is 25.3 Å². The summed E-state index contributed by atoms with van der Waals surface area (Å²) >= 11 is 0. The SMILES string of the molecule is COC1CC(NC2CCCCCCC2)C1(C)C. The molecule has 0 radical (unpaired) electrons. The van der Waals surface area contributed by atoms with Crippen LogP contribution in [0.5, 0.6) is 0 Å². The fraction of sp³-hybridized carbons (Fsp3) is 1.00. The molecule has 0 spiro atoms. The van der Waals surface area contributed by atoms with Crippen molar-refractivity contribution in [2.45, 2.75) is 83.4 Å². The molecule has 0 heterocycles. The van der Waals surface area contributed by atoms with Crippen molar-refractivity contribution in [2.24, 2.45) is 5.41 Å². The molecule has 2 aliphatic carbocycles. The molecule has 2 unspecified atom stereocenters. The average molecular weight is 239 g/mol. The molecule has 0 amide bonds. The largest absolute Gasteiger partial charge is 0.381 e. The maximum absolute atomic E-state index is 5.53. The predicted octanol–water partition coefficient (Wildman–Crippen LogP) is 3.50. The highest BCUT2D eigenvalue weighted by Crippen LogP contribution is 2.43. The molecule has 0 aliphatic heterocycles. The summed E-state index contributed by atoms with van der Waals surface area (Å²) in [6.07, 6.45) is 11.6. The third kappa shape index (κ3) is 3.03. The number of rotatable bonds is 3. The van der Waals surface area contributed by atoms with Crippen molar-refractivity contribution in [1.82, 2.24) is 5.32 Å². The molecule has 17 heavy (non-hydrogen) atoms. The smallest absolute Gasteiger partial charge is 0.0652 e. The van der Waals surface area contributed by atoms with E-state index in [0.29, 0.717) is 17.6 Å². The van der Waals surface area contributed by atoms with E-state index in [1.807, 2.05) is 7.11 Å². The minimum Gasteiger partial charge on any atom is -0.381 e. The molecule has 2 heteroatoms. The monoisotopic (exact) mass is 239 g/mol. The molecule has 0 saturated heterocycles. The summed E-state index contributed by atoms with van der Waals surface area (Å²) < 4.78 is 5.53. The summed E-state index contributed by atoms with van der Waals surface area (Å²) in [6.45, 7) is 4.68. The van der Waals surface area contributed by atoms with Gasteiger partial charge in [-0.3, -0.25) is 0 Å². The average Bonchev–Trinajstić information content (AvgIpc) is 2.25. The van der Waals surface area contributed by atoms with Gasteiger partial charge in [0, 0.05) is 24.6 Å². The lowest BCUT2D eigenvalue weighted by atomic mass is 9.64. The fourth-order valence-corrected chi connectivity index (χ4v) is 3.48. The van der Waals surface area contributed by atoms with Crippen LogP contribution in [0.25, 0.3) is 0 Å². The molecule has 2 nitrogen and oxygen atoms in total. The van der Waals surface area contributed by atoms with Gasteiger partial charge in [0.25, 0.3) is 0 Å². The van der Waals surface area contributed by atoms with Crippen LogP contribution in [0.15, 0.2) is 0 Å². The quantitative estimate of drug-likeness (QED) is 0.814. The van der Waals surface area contributed by atoms with Crippen molar-refractivity contribution < 1.29 is 4.74 Å². The van der Waals surface area contributed by atoms with Crippen molar-refractivity contribution >= 4 is 0 Å². The van der Waals surface area contributed by atoms with E-state index >= 15 is 0 Å². The first-order valence-corrected chi connectivity index (χ1v) is 7.43. The Balaban J connectivity index is 1.80. The molecule has 1 N–H and O–H groups in total. The Bertz CT molecular complexity index is 231. The third-order valence-electron chi connectivity index (χ3n) is 5.00. The predicted molar refractivity (Wildman–Crippen MR) is 72.2 cm³/mol. The Labute approximate surface area is 107 Å². The van der Waals surface area contributed by atoms with Crippen LogP contribution in [-0.2, 0) is 4.74 Å². The van der Waals surface area contributed by atoms with E-state index in [9.17, 15) is 0 Å². The lowest BCUT2D eigenvalue weighted by molar-refractivity contribution is -0.101. The van der Waals surface area contributed by atoms with Crippen molar-refractivity contribution in [3.05, 3.63) is 0 Å². The van der Waals surface area contributed by atoms with Crippen LogP contribution in [0, 0.1) is 5.41 Å². The third-order valence-corrected chi connectivity index (χ3v) is 5.00. The fourth-order valence-electron chi connectivity index (χ4n) is 3.48. The molecule has 2 aliphatic rings. The van der Waals surface area contributed by atoms with Crippen LogP contribution in [0.4, 0.5) is 0 Å². The molecule has 0 aromatic carbocycles. The maximum atomic E-state index is 5.53. The Morgan fingerprint density at radius 2 is 1.59 bits per heavy atom. The summed E-state index contributed by atoms with van der Waals surface area (Å²) in [5, 5.41) is 3.90. The second kappa shape index (κ2) is 5.71. The molecule has 0 aromatic rings. The van der Waals surface area contributed by atoms with Crippen LogP contribution >= 0.6 is 0 Å². The van der Waals surface area contributed by atoms with Crippen molar-refractivity contribution in [1.29, 1.82) is 0 Å². The van der Waals surface area contributed by atoms with Gasteiger partial charge in [-0.2, -0.15) is 0 Å². The van der Waals surface area contributed by atoms with Gasteiger partial charge >= 0.3 is 0 Å². The first-order chi connectivity index (χ1) is 8.14. The number of hydrogen-bond donors (Lipinski definition) is 1. The lowest BCUT2D eigenvalue weighted by Gasteiger charge is -2.52. The van der Waals surface area contributed by atoms with Crippen molar-refractivity contribution in [3.63, 3.8) is 0 Å². The van der Waals surface area contributed by atoms with E-state index < -0.39 is 0 Å². The maximum Gasteiger partial charge on any atom is 0.0652 e. The van der Waals surface area contributed by atoms with Crippen LogP contribution in [0.2, 0.25) is 0 Å². The Morgan fingerprint density at radius 1 is 1.00 bits per heavy atom. The minimum atomic E-state index is 0.317. The van der Waals surface area contributed by atoms with Crippen molar-refractivity contribution in [2.75, 3.05) is 7.11 Å². The summed E-state index contributed by atoms with van der Waals surface area (Å²) in [4.78, 5) is 0. The van der Waals surface area contributed by atoms with Crippen molar-refractivity contribution in [3.8, 4) is 0 Å². The molecule has 2 atom stereocenters. The topological polar surface area (TPSA) is 21.3 Å². The Morgan fingerprint density at radius 3 is 2.12 bits per heavy atom. The molecular formula is C15H29NO. The molecule has 0 bridgehead atoms. The molecule has 2 rings (SSSR count). The zero-order valence-corrected chi connectivity index (χ0v) is 11.8. The highest BCUT2D eigenvalue weighted by molar-refractivity contribution is 5.03. The normalized spacial score (nSPS) is 34.8. The van der Waals surface area contributed by atoms with Gasteiger partial charge in [-0.1, -0.05) is 46.0 Å². The highest BCUT2D eigenvalue weighted by Gasteiger charge is 2.48. The van der Waals surface area contributed by atoms with E-state index in [1.54, 1.807) is 0 Å². The van der Waals surface area contributed by atoms with Gasteiger partial charge in [0.1, 0.15) is 0 Å². The zero-order valence-electron chi connectivity index (χ0n) is 11.8. The zero-order chi connectivity index (χ0) is 12.3. The highest BCUT2D eigenvalue weighted by atomic mass is 16.5. The van der Waals surface area contributed by atoms with Gasteiger partial charge in [-0.25, -0.2) is 0 Å². The van der Waals surface area contributed by atoms with E-state index in [-0.39, 0.29) is 0 Å². The number of ether oxygens (including phenoxy) is 1. The minimum absolute atomic E-state index is 0.317. The summed E-state index contributed by atoms with van der Waals surface area (Å²) in [6, 6.07) is 1.43. The summed E-state index contributed by atoms with van der Waals surface area (Å²) in [5.74, 6) is 0.